The quantitative estimate of drug-likeness (QED) is 0.898. The minimum atomic E-state index is -0.201. The highest BCUT2D eigenvalue weighted by Crippen LogP contribution is 2.23. The van der Waals surface area contributed by atoms with Crippen LogP contribution in [0.3, 0.4) is 0 Å². The maximum Gasteiger partial charge on any atom is 0.0738 e. The van der Waals surface area contributed by atoms with Crippen molar-refractivity contribution in [2.45, 2.75) is 26.7 Å². The summed E-state index contributed by atoms with van der Waals surface area (Å²) in [6.45, 7) is 9.19. The van der Waals surface area contributed by atoms with Crippen LogP contribution >= 0.6 is 0 Å². The molecule has 0 aromatic carbocycles. The van der Waals surface area contributed by atoms with E-state index in [1.807, 2.05) is 19.9 Å². The van der Waals surface area contributed by atoms with Crippen LogP contribution in [-0.4, -0.2) is 42.6 Å². The first-order valence-corrected chi connectivity index (χ1v) is 7.60. The zero-order valence-corrected chi connectivity index (χ0v) is 13.0. The molecule has 0 aliphatic carbocycles. The van der Waals surface area contributed by atoms with Crippen LogP contribution in [0.2, 0.25) is 0 Å². The SMILES string of the molecule is CC(C)(C#N)CCCN1CCN(c2ccncc2N)CC1. The van der Waals surface area contributed by atoms with Crippen molar-refractivity contribution in [1.29, 1.82) is 5.26 Å². The molecule has 0 radical (unpaired) electrons. The first-order valence-electron chi connectivity index (χ1n) is 7.60. The average molecular weight is 287 g/mol. The zero-order chi connectivity index (χ0) is 15.3. The Kier molecular flexibility index (Phi) is 5.03. The van der Waals surface area contributed by atoms with Gasteiger partial charge in [-0.25, -0.2) is 0 Å². The van der Waals surface area contributed by atoms with Gasteiger partial charge < -0.3 is 10.6 Å². The number of nitrogen functional groups attached to an aromatic ring is 1. The summed E-state index contributed by atoms with van der Waals surface area (Å²) in [4.78, 5) is 8.84. The second-order valence-electron chi connectivity index (χ2n) is 6.36. The molecule has 1 aliphatic rings. The Bertz CT molecular complexity index is 498. The molecule has 0 atom stereocenters. The fourth-order valence-corrected chi connectivity index (χ4v) is 2.70. The number of nitrogens with zero attached hydrogens (tertiary/aromatic N) is 4. The molecule has 21 heavy (non-hydrogen) atoms. The second kappa shape index (κ2) is 6.77. The minimum absolute atomic E-state index is 0.201. The highest BCUT2D eigenvalue weighted by molar-refractivity contribution is 5.66. The largest absolute Gasteiger partial charge is 0.396 e. The summed E-state index contributed by atoms with van der Waals surface area (Å²) < 4.78 is 0. The molecule has 2 N–H and O–H groups in total. The van der Waals surface area contributed by atoms with Gasteiger partial charge >= 0.3 is 0 Å². The Morgan fingerprint density at radius 1 is 1.33 bits per heavy atom. The normalized spacial score (nSPS) is 16.7. The van der Waals surface area contributed by atoms with Crippen LogP contribution in [0.5, 0.6) is 0 Å². The van der Waals surface area contributed by atoms with E-state index in [0.29, 0.717) is 0 Å². The van der Waals surface area contributed by atoms with Crippen molar-refractivity contribution in [3.63, 3.8) is 0 Å². The lowest BCUT2D eigenvalue weighted by atomic mass is 9.90. The molecular weight excluding hydrogens is 262 g/mol. The van der Waals surface area contributed by atoms with Gasteiger partial charge in [0, 0.05) is 32.4 Å². The Balaban J connectivity index is 1.77. The standard InChI is InChI=1S/C16H25N5/c1-16(2,13-17)5-3-7-20-8-10-21(11-9-20)15-4-6-19-12-14(15)18/h4,6,12H,3,5,7-11,18H2,1-2H3. The molecule has 1 aromatic rings. The lowest BCUT2D eigenvalue weighted by Crippen LogP contribution is -2.46. The van der Waals surface area contributed by atoms with Crippen molar-refractivity contribution >= 4 is 11.4 Å². The number of anilines is 2. The molecule has 1 saturated heterocycles. The van der Waals surface area contributed by atoms with Crippen LogP contribution in [0, 0.1) is 16.7 Å². The van der Waals surface area contributed by atoms with Gasteiger partial charge in [-0.15, -0.1) is 0 Å². The summed E-state index contributed by atoms with van der Waals surface area (Å²) >= 11 is 0. The summed E-state index contributed by atoms with van der Waals surface area (Å²) in [6, 6.07) is 4.35. The number of piperazine rings is 1. The van der Waals surface area contributed by atoms with E-state index in [9.17, 15) is 0 Å². The van der Waals surface area contributed by atoms with Gasteiger partial charge in [0.2, 0.25) is 0 Å². The van der Waals surface area contributed by atoms with Crippen LogP contribution in [0.1, 0.15) is 26.7 Å². The van der Waals surface area contributed by atoms with E-state index in [0.717, 1.165) is 56.9 Å². The van der Waals surface area contributed by atoms with Crippen LogP contribution in [0.25, 0.3) is 0 Å². The number of pyridine rings is 1. The predicted molar refractivity (Wildman–Crippen MR) is 85.9 cm³/mol. The summed E-state index contributed by atoms with van der Waals surface area (Å²) in [5, 5.41) is 9.03. The predicted octanol–water partition coefficient (Wildman–Crippen LogP) is 2.12. The number of nitrogens with two attached hydrogens (primary N) is 1. The third-order valence-corrected chi connectivity index (χ3v) is 4.12. The number of rotatable bonds is 5. The lowest BCUT2D eigenvalue weighted by molar-refractivity contribution is 0.243. The first kappa shape index (κ1) is 15.6. The molecule has 0 bridgehead atoms. The highest BCUT2D eigenvalue weighted by atomic mass is 15.3. The number of hydrogen-bond acceptors (Lipinski definition) is 5. The van der Waals surface area contributed by atoms with Crippen LogP contribution in [-0.2, 0) is 0 Å². The molecule has 2 heterocycles. The number of hydrogen-bond donors (Lipinski definition) is 1. The molecule has 5 heteroatoms. The molecule has 0 unspecified atom stereocenters. The lowest BCUT2D eigenvalue weighted by Gasteiger charge is -2.36. The van der Waals surface area contributed by atoms with Gasteiger partial charge in [0.25, 0.3) is 0 Å². The van der Waals surface area contributed by atoms with Crippen molar-refractivity contribution in [2.75, 3.05) is 43.4 Å². The van der Waals surface area contributed by atoms with E-state index < -0.39 is 0 Å². The van der Waals surface area contributed by atoms with Crippen molar-refractivity contribution in [2.24, 2.45) is 5.41 Å². The molecule has 1 aliphatic heterocycles. The van der Waals surface area contributed by atoms with Crippen LogP contribution in [0.4, 0.5) is 11.4 Å². The highest BCUT2D eigenvalue weighted by Gasteiger charge is 2.20. The number of aromatic nitrogens is 1. The summed E-state index contributed by atoms with van der Waals surface area (Å²) in [5.74, 6) is 0. The van der Waals surface area contributed by atoms with Crippen LogP contribution in [0.15, 0.2) is 18.5 Å². The van der Waals surface area contributed by atoms with Crippen molar-refractivity contribution in [3.8, 4) is 6.07 Å². The number of nitriles is 1. The van der Waals surface area contributed by atoms with E-state index in [1.165, 1.54) is 0 Å². The monoisotopic (exact) mass is 287 g/mol. The van der Waals surface area contributed by atoms with E-state index >= 15 is 0 Å². The van der Waals surface area contributed by atoms with Crippen molar-refractivity contribution < 1.29 is 0 Å². The molecular formula is C16H25N5. The topological polar surface area (TPSA) is 69.2 Å². The van der Waals surface area contributed by atoms with Gasteiger partial charge in [0.15, 0.2) is 0 Å². The molecule has 2 rings (SSSR count). The van der Waals surface area contributed by atoms with E-state index in [4.69, 9.17) is 11.0 Å². The van der Waals surface area contributed by atoms with Gasteiger partial charge in [-0.1, -0.05) is 0 Å². The van der Waals surface area contributed by atoms with Gasteiger partial charge in [-0.2, -0.15) is 5.26 Å². The molecule has 1 fully saturated rings. The van der Waals surface area contributed by atoms with Gasteiger partial charge in [0.05, 0.1) is 29.1 Å². The van der Waals surface area contributed by atoms with Crippen molar-refractivity contribution in [3.05, 3.63) is 18.5 Å². The van der Waals surface area contributed by atoms with E-state index in [-0.39, 0.29) is 5.41 Å². The Labute approximate surface area is 127 Å². The van der Waals surface area contributed by atoms with E-state index in [2.05, 4.69) is 20.9 Å². The third-order valence-electron chi connectivity index (χ3n) is 4.12. The first-order chi connectivity index (χ1) is 10.0. The summed E-state index contributed by atoms with van der Waals surface area (Å²) in [7, 11) is 0. The van der Waals surface area contributed by atoms with Crippen LogP contribution < -0.4 is 10.6 Å². The van der Waals surface area contributed by atoms with Crippen molar-refractivity contribution in [1.82, 2.24) is 9.88 Å². The Morgan fingerprint density at radius 3 is 2.67 bits per heavy atom. The molecule has 1 aromatic heterocycles. The molecule has 0 saturated carbocycles. The van der Waals surface area contributed by atoms with Gasteiger partial charge in [-0.3, -0.25) is 9.88 Å². The summed E-state index contributed by atoms with van der Waals surface area (Å²) in [6.07, 6.45) is 5.55. The Morgan fingerprint density at radius 2 is 2.05 bits per heavy atom. The second-order valence-corrected chi connectivity index (χ2v) is 6.36. The summed E-state index contributed by atoms with van der Waals surface area (Å²) in [5.41, 5.74) is 7.62. The third kappa shape index (κ3) is 4.33. The molecule has 0 amide bonds. The fourth-order valence-electron chi connectivity index (χ4n) is 2.70. The van der Waals surface area contributed by atoms with E-state index in [1.54, 1.807) is 12.4 Å². The maximum absolute atomic E-state index is 9.03. The Hall–Kier alpha value is -1.80. The molecule has 0 spiro atoms. The molecule has 114 valence electrons. The van der Waals surface area contributed by atoms with Gasteiger partial charge in [0.1, 0.15) is 0 Å². The average Bonchev–Trinajstić information content (AvgIpc) is 2.48. The fraction of sp³-hybridized carbons (Fsp3) is 0.625. The smallest absolute Gasteiger partial charge is 0.0738 e. The van der Waals surface area contributed by atoms with Gasteiger partial charge in [-0.05, 0) is 39.3 Å². The zero-order valence-electron chi connectivity index (χ0n) is 13.0. The molecule has 5 nitrogen and oxygen atoms in total. The maximum atomic E-state index is 9.03. The minimum Gasteiger partial charge on any atom is -0.396 e.